The van der Waals surface area contributed by atoms with Crippen LogP contribution in [-0.4, -0.2) is 19.4 Å². The summed E-state index contributed by atoms with van der Waals surface area (Å²) in [5.41, 5.74) is 14.8. The third-order valence-electron chi connectivity index (χ3n) is 7.90. The van der Waals surface area contributed by atoms with E-state index in [1.54, 1.807) is 6.20 Å². The molecule has 0 amide bonds. The van der Waals surface area contributed by atoms with Gasteiger partial charge >= 0.3 is 0 Å². The van der Waals surface area contributed by atoms with Crippen LogP contribution < -0.4 is 0 Å². The van der Waals surface area contributed by atoms with Gasteiger partial charge in [-0.1, -0.05) is 36.4 Å². The average Bonchev–Trinajstić information content (AvgIpc) is 3.58. The fraction of sp³-hybridized carbons (Fsp3) is 0.0645. The van der Waals surface area contributed by atoms with Crippen molar-refractivity contribution in [2.45, 2.75) is 12.8 Å². The van der Waals surface area contributed by atoms with Crippen molar-refractivity contribution in [2.24, 2.45) is 0 Å². The van der Waals surface area contributed by atoms with Gasteiger partial charge in [0.05, 0.1) is 5.52 Å². The van der Waals surface area contributed by atoms with Crippen LogP contribution in [-0.2, 0) is 12.8 Å². The van der Waals surface area contributed by atoms with Gasteiger partial charge in [0.1, 0.15) is 11.3 Å². The molecule has 162 valence electrons. The number of nitrogens with zero attached hydrogens (tertiary/aromatic N) is 4. The van der Waals surface area contributed by atoms with Gasteiger partial charge < -0.3 is 0 Å². The number of rotatable bonds is 0. The van der Waals surface area contributed by atoms with E-state index in [-0.39, 0.29) is 0 Å². The quantitative estimate of drug-likeness (QED) is 0.243. The second kappa shape index (κ2) is 6.10. The van der Waals surface area contributed by atoms with Gasteiger partial charge in [-0.05, 0) is 99.1 Å². The van der Waals surface area contributed by atoms with E-state index in [2.05, 4.69) is 70.0 Å². The van der Waals surface area contributed by atoms with Crippen LogP contribution >= 0.6 is 0 Å². The van der Waals surface area contributed by atoms with Crippen molar-refractivity contribution in [1.82, 2.24) is 19.4 Å². The van der Waals surface area contributed by atoms with Crippen LogP contribution in [0.15, 0.2) is 85.2 Å². The zero-order chi connectivity index (χ0) is 22.7. The highest BCUT2D eigenvalue weighted by atomic mass is 15.1. The van der Waals surface area contributed by atoms with Crippen molar-refractivity contribution in [3.05, 3.63) is 107 Å². The lowest BCUT2D eigenvalue weighted by molar-refractivity contribution is 1.23. The average molecular weight is 447 g/mol. The van der Waals surface area contributed by atoms with E-state index in [0.717, 1.165) is 46.1 Å². The molecule has 4 heteroatoms. The first-order chi connectivity index (χ1) is 17.3. The van der Waals surface area contributed by atoms with Gasteiger partial charge in [-0.25, -0.2) is 15.0 Å². The number of fused-ring (bicyclic) bond motifs is 15. The lowest BCUT2D eigenvalue weighted by Crippen LogP contribution is -1.95. The molecule has 0 bridgehead atoms. The minimum absolute atomic E-state index is 0.755. The Morgan fingerprint density at radius 2 is 1.37 bits per heavy atom. The summed E-state index contributed by atoms with van der Waals surface area (Å²) in [4.78, 5) is 14.3. The van der Waals surface area contributed by atoms with E-state index in [4.69, 9.17) is 9.97 Å². The molecule has 4 heterocycles. The fourth-order valence-corrected chi connectivity index (χ4v) is 6.45. The molecule has 9 rings (SSSR count). The van der Waals surface area contributed by atoms with Crippen LogP contribution in [0.4, 0.5) is 0 Å². The highest BCUT2D eigenvalue weighted by Crippen LogP contribution is 2.50. The molecule has 0 unspecified atom stereocenters. The Bertz CT molecular complexity index is 2070. The van der Waals surface area contributed by atoms with Crippen LogP contribution in [0.25, 0.3) is 60.9 Å². The summed E-state index contributed by atoms with van der Waals surface area (Å²) in [6.45, 7) is 0. The largest absolute Gasteiger partial charge is 0.274 e. The molecule has 4 nitrogen and oxygen atoms in total. The molecule has 35 heavy (non-hydrogen) atoms. The summed E-state index contributed by atoms with van der Waals surface area (Å²) < 4.78 is 2.17. The Hall–Kier alpha value is -4.57. The maximum Gasteiger partial charge on any atom is 0.178 e. The Labute approximate surface area is 200 Å². The maximum absolute atomic E-state index is 4.97. The predicted octanol–water partition coefficient (Wildman–Crippen LogP) is 6.73. The Kier molecular flexibility index (Phi) is 3.11. The standard InChI is InChI=1S/C31H18N4/c1-2-6-21-17(5-1)13-18-9-10-19-14-20-15-25-24(16-23(20)28(19)27(18)21)22-7-3-12-33-30(22)35-26-8-4-11-32-29(26)34-31(25)35/h1-12,15-16H,13-14H2. The van der Waals surface area contributed by atoms with Crippen molar-refractivity contribution in [3.63, 3.8) is 0 Å². The number of aromatic nitrogens is 4. The summed E-state index contributed by atoms with van der Waals surface area (Å²) in [5.74, 6) is 0. The third-order valence-corrected chi connectivity index (χ3v) is 7.90. The van der Waals surface area contributed by atoms with Crippen molar-refractivity contribution >= 4 is 38.6 Å². The number of benzene rings is 3. The molecule has 0 saturated heterocycles. The van der Waals surface area contributed by atoms with Gasteiger partial charge in [-0.3, -0.25) is 4.40 Å². The van der Waals surface area contributed by atoms with Gasteiger partial charge in [-0.2, -0.15) is 0 Å². The summed E-state index contributed by atoms with van der Waals surface area (Å²) in [7, 11) is 0. The minimum atomic E-state index is 0.755. The highest BCUT2D eigenvalue weighted by molar-refractivity contribution is 6.15. The molecule has 0 fully saturated rings. The molecule has 0 saturated carbocycles. The van der Waals surface area contributed by atoms with Crippen LogP contribution in [0.1, 0.15) is 22.3 Å². The second-order valence-electron chi connectivity index (χ2n) is 9.69. The summed E-state index contributed by atoms with van der Waals surface area (Å²) >= 11 is 0. The topological polar surface area (TPSA) is 43.1 Å². The van der Waals surface area contributed by atoms with Crippen LogP contribution in [0.2, 0.25) is 0 Å². The third kappa shape index (κ3) is 2.15. The highest BCUT2D eigenvalue weighted by Gasteiger charge is 2.29. The van der Waals surface area contributed by atoms with Gasteiger partial charge in [-0.15, -0.1) is 0 Å². The first kappa shape index (κ1) is 17.8. The lowest BCUT2D eigenvalue weighted by Gasteiger charge is -2.13. The first-order valence-electron chi connectivity index (χ1n) is 12.0. The minimum Gasteiger partial charge on any atom is -0.274 e. The number of pyridine rings is 3. The summed E-state index contributed by atoms with van der Waals surface area (Å²) in [6.07, 6.45) is 5.64. The molecule has 0 spiro atoms. The van der Waals surface area contributed by atoms with Crippen LogP contribution in [0.5, 0.6) is 0 Å². The predicted molar refractivity (Wildman–Crippen MR) is 140 cm³/mol. The normalized spacial score (nSPS) is 13.5. The smallest absolute Gasteiger partial charge is 0.178 e. The van der Waals surface area contributed by atoms with Crippen molar-refractivity contribution < 1.29 is 0 Å². The molecule has 2 aliphatic rings. The van der Waals surface area contributed by atoms with Crippen molar-refractivity contribution in [1.29, 1.82) is 0 Å². The fourth-order valence-electron chi connectivity index (χ4n) is 6.45. The monoisotopic (exact) mass is 446 g/mol. The Morgan fingerprint density at radius 1 is 0.571 bits per heavy atom. The molecule has 0 radical (unpaired) electrons. The maximum atomic E-state index is 4.97. The zero-order valence-corrected chi connectivity index (χ0v) is 18.8. The lowest BCUT2D eigenvalue weighted by atomic mass is 9.92. The molecular formula is C31H18N4. The molecule has 0 atom stereocenters. The van der Waals surface area contributed by atoms with Gasteiger partial charge in [0.2, 0.25) is 0 Å². The summed E-state index contributed by atoms with van der Waals surface area (Å²) in [5, 5.41) is 3.50. The van der Waals surface area contributed by atoms with E-state index in [0.29, 0.717) is 0 Å². The second-order valence-corrected chi connectivity index (χ2v) is 9.69. The molecule has 2 aliphatic carbocycles. The molecule has 7 aromatic rings. The van der Waals surface area contributed by atoms with E-state index in [1.807, 2.05) is 18.3 Å². The van der Waals surface area contributed by atoms with E-state index in [9.17, 15) is 0 Å². The Balaban J connectivity index is 1.44. The molecule has 0 N–H and O–H groups in total. The number of hydrogen-bond acceptors (Lipinski definition) is 3. The van der Waals surface area contributed by atoms with Crippen molar-refractivity contribution in [3.8, 4) is 22.3 Å². The molecular weight excluding hydrogens is 428 g/mol. The SMILES string of the molecule is c1ccc2c(c1)Cc1ccc3c(c1-2)-c1cc2c4cccnc4n4c5cccnc5nc4c2cc1C3. The van der Waals surface area contributed by atoms with E-state index in [1.165, 1.54) is 49.9 Å². The summed E-state index contributed by atoms with van der Waals surface area (Å²) in [6, 6.07) is 26.6. The molecule has 0 aliphatic heterocycles. The number of imidazole rings is 1. The van der Waals surface area contributed by atoms with E-state index < -0.39 is 0 Å². The van der Waals surface area contributed by atoms with Gasteiger partial charge in [0.25, 0.3) is 0 Å². The van der Waals surface area contributed by atoms with Gasteiger partial charge in [0, 0.05) is 23.2 Å². The van der Waals surface area contributed by atoms with Gasteiger partial charge in [0.15, 0.2) is 5.65 Å². The van der Waals surface area contributed by atoms with Crippen LogP contribution in [0, 0.1) is 0 Å². The van der Waals surface area contributed by atoms with Crippen LogP contribution in [0.3, 0.4) is 0 Å². The van der Waals surface area contributed by atoms with E-state index >= 15 is 0 Å². The number of hydrogen-bond donors (Lipinski definition) is 0. The van der Waals surface area contributed by atoms with Crippen molar-refractivity contribution in [2.75, 3.05) is 0 Å². The Morgan fingerprint density at radius 3 is 2.31 bits per heavy atom. The zero-order valence-electron chi connectivity index (χ0n) is 18.8. The first-order valence-corrected chi connectivity index (χ1v) is 12.0. The molecule has 3 aromatic carbocycles. The molecule has 4 aromatic heterocycles.